The number of rotatable bonds is 6. The fourth-order valence-corrected chi connectivity index (χ4v) is 3.52. The van der Waals surface area contributed by atoms with Crippen LogP contribution in [0.2, 0.25) is 0 Å². The van der Waals surface area contributed by atoms with Gasteiger partial charge >= 0.3 is 0 Å². The lowest BCUT2D eigenvalue weighted by Crippen LogP contribution is -2.41. The van der Waals surface area contributed by atoms with Crippen molar-refractivity contribution >= 4 is 11.6 Å². The highest BCUT2D eigenvalue weighted by Crippen LogP contribution is 2.30. The van der Waals surface area contributed by atoms with Gasteiger partial charge in [-0.2, -0.15) is 0 Å². The van der Waals surface area contributed by atoms with Crippen LogP contribution < -0.4 is 9.64 Å². The van der Waals surface area contributed by atoms with Crippen LogP contribution in [0.1, 0.15) is 30.0 Å². The van der Waals surface area contributed by atoms with Crippen LogP contribution in [0.5, 0.6) is 5.75 Å². The minimum absolute atomic E-state index is 0.156. The number of carbonyl (C=O) groups excluding carboxylic acids is 1. The fourth-order valence-electron chi connectivity index (χ4n) is 3.52. The number of aryl methyl sites for hydroxylation is 2. The Morgan fingerprint density at radius 3 is 2.58 bits per heavy atom. The summed E-state index contributed by atoms with van der Waals surface area (Å²) < 4.78 is 5.31. The number of amides is 1. The SMILES string of the molecule is CCc1ccc(CN(C)CC(=O)N2CCCc3cc(OC)ccc32)cc1. The van der Waals surface area contributed by atoms with E-state index in [2.05, 4.69) is 36.1 Å². The third kappa shape index (κ3) is 4.25. The summed E-state index contributed by atoms with van der Waals surface area (Å²) in [6, 6.07) is 14.6. The molecule has 1 heterocycles. The van der Waals surface area contributed by atoms with Gasteiger partial charge < -0.3 is 9.64 Å². The maximum atomic E-state index is 12.9. The summed E-state index contributed by atoms with van der Waals surface area (Å²) in [6.07, 6.45) is 3.04. The van der Waals surface area contributed by atoms with E-state index in [0.717, 1.165) is 43.8 Å². The van der Waals surface area contributed by atoms with E-state index in [1.165, 1.54) is 16.7 Å². The van der Waals surface area contributed by atoms with E-state index in [0.29, 0.717) is 6.54 Å². The van der Waals surface area contributed by atoms with Crippen LogP contribution in [0.15, 0.2) is 42.5 Å². The number of hydrogen-bond donors (Lipinski definition) is 0. The molecule has 2 aromatic rings. The van der Waals surface area contributed by atoms with E-state index in [-0.39, 0.29) is 5.91 Å². The van der Waals surface area contributed by atoms with Crippen LogP contribution in [0.3, 0.4) is 0 Å². The first-order valence-corrected chi connectivity index (χ1v) is 9.34. The Hall–Kier alpha value is -2.33. The molecule has 2 aromatic carbocycles. The second-order valence-corrected chi connectivity index (χ2v) is 6.99. The number of ether oxygens (including phenoxy) is 1. The Balaban J connectivity index is 1.64. The van der Waals surface area contributed by atoms with Gasteiger partial charge in [0.2, 0.25) is 5.91 Å². The van der Waals surface area contributed by atoms with Gasteiger partial charge in [-0.05, 0) is 61.2 Å². The van der Waals surface area contributed by atoms with Crippen LogP contribution in [0.4, 0.5) is 5.69 Å². The lowest BCUT2D eigenvalue weighted by Gasteiger charge is -2.31. The normalized spacial score (nSPS) is 13.6. The van der Waals surface area contributed by atoms with Gasteiger partial charge in [-0.1, -0.05) is 31.2 Å². The number of benzene rings is 2. The lowest BCUT2D eigenvalue weighted by atomic mass is 10.0. The molecule has 0 N–H and O–H groups in total. The molecule has 0 atom stereocenters. The van der Waals surface area contributed by atoms with Gasteiger partial charge in [0.15, 0.2) is 0 Å². The molecule has 1 aliphatic rings. The van der Waals surface area contributed by atoms with Gasteiger partial charge in [0.05, 0.1) is 13.7 Å². The number of fused-ring (bicyclic) bond motifs is 1. The molecule has 4 nitrogen and oxygen atoms in total. The van der Waals surface area contributed by atoms with Gasteiger partial charge in [-0.3, -0.25) is 9.69 Å². The molecule has 0 unspecified atom stereocenters. The van der Waals surface area contributed by atoms with Crippen molar-refractivity contribution in [2.24, 2.45) is 0 Å². The van der Waals surface area contributed by atoms with Crippen molar-refractivity contribution in [3.05, 3.63) is 59.2 Å². The summed E-state index contributed by atoms with van der Waals surface area (Å²) in [7, 11) is 3.68. The number of hydrogen-bond acceptors (Lipinski definition) is 3. The molecule has 0 bridgehead atoms. The highest BCUT2D eigenvalue weighted by atomic mass is 16.5. The molecule has 3 rings (SSSR count). The smallest absolute Gasteiger partial charge is 0.241 e. The number of nitrogens with zero attached hydrogens (tertiary/aromatic N) is 2. The van der Waals surface area contributed by atoms with E-state index in [4.69, 9.17) is 4.74 Å². The average Bonchev–Trinajstić information content (AvgIpc) is 2.67. The number of anilines is 1. The van der Waals surface area contributed by atoms with E-state index in [9.17, 15) is 4.79 Å². The summed E-state index contributed by atoms with van der Waals surface area (Å²) in [5.41, 5.74) is 4.80. The van der Waals surface area contributed by atoms with Crippen LogP contribution in [-0.2, 0) is 24.2 Å². The molecule has 0 fully saturated rings. The molecule has 0 spiro atoms. The molecule has 138 valence electrons. The molecule has 0 aliphatic carbocycles. The summed E-state index contributed by atoms with van der Waals surface area (Å²) in [5.74, 6) is 1.01. The van der Waals surface area contributed by atoms with Gasteiger partial charge in [0.1, 0.15) is 5.75 Å². The molecule has 4 heteroatoms. The summed E-state index contributed by atoms with van der Waals surface area (Å²) in [6.45, 7) is 4.14. The number of likely N-dealkylation sites (N-methyl/N-ethyl adjacent to an activating group) is 1. The molecule has 0 aromatic heterocycles. The van der Waals surface area contributed by atoms with E-state index < -0.39 is 0 Å². The Bertz CT molecular complexity index is 755. The Morgan fingerprint density at radius 1 is 1.15 bits per heavy atom. The first-order valence-electron chi connectivity index (χ1n) is 9.34. The first-order chi connectivity index (χ1) is 12.6. The zero-order valence-corrected chi connectivity index (χ0v) is 16.0. The van der Waals surface area contributed by atoms with Crippen LogP contribution in [0, 0.1) is 0 Å². The molecule has 1 aliphatic heterocycles. The highest BCUT2D eigenvalue weighted by Gasteiger charge is 2.23. The maximum Gasteiger partial charge on any atom is 0.241 e. The predicted octanol–water partition coefficient (Wildman–Crippen LogP) is 3.67. The Morgan fingerprint density at radius 2 is 1.88 bits per heavy atom. The minimum Gasteiger partial charge on any atom is -0.497 e. The standard InChI is InChI=1S/C22H28N2O2/c1-4-17-7-9-18(10-8-17)15-23(2)16-22(25)24-13-5-6-19-14-20(26-3)11-12-21(19)24/h7-12,14H,4-6,13,15-16H2,1-3H3. The lowest BCUT2D eigenvalue weighted by molar-refractivity contribution is -0.119. The second-order valence-electron chi connectivity index (χ2n) is 6.99. The maximum absolute atomic E-state index is 12.9. The van der Waals surface area contributed by atoms with Gasteiger partial charge in [0, 0.05) is 18.8 Å². The fraction of sp³-hybridized carbons (Fsp3) is 0.409. The molecule has 26 heavy (non-hydrogen) atoms. The first kappa shape index (κ1) is 18.5. The van der Waals surface area contributed by atoms with Gasteiger partial charge in [-0.15, -0.1) is 0 Å². The quantitative estimate of drug-likeness (QED) is 0.795. The predicted molar refractivity (Wildman–Crippen MR) is 106 cm³/mol. The van der Waals surface area contributed by atoms with Crippen molar-refractivity contribution in [1.29, 1.82) is 0 Å². The van der Waals surface area contributed by atoms with Crippen molar-refractivity contribution in [3.63, 3.8) is 0 Å². The van der Waals surface area contributed by atoms with Gasteiger partial charge in [0.25, 0.3) is 0 Å². The van der Waals surface area contributed by atoms with E-state index in [1.807, 2.05) is 30.1 Å². The average molecular weight is 352 g/mol. The molecular weight excluding hydrogens is 324 g/mol. The van der Waals surface area contributed by atoms with Crippen LogP contribution in [0.25, 0.3) is 0 Å². The van der Waals surface area contributed by atoms with Gasteiger partial charge in [-0.25, -0.2) is 0 Å². The Labute approximate surface area is 156 Å². The molecule has 0 saturated carbocycles. The second kappa shape index (κ2) is 8.37. The van der Waals surface area contributed by atoms with Crippen molar-refractivity contribution in [2.75, 3.05) is 32.1 Å². The minimum atomic E-state index is 0.156. The molecule has 1 amide bonds. The van der Waals surface area contributed by atoms with Crippen molar-refractivity contribution in [2.45, 2.75) is 32.7 Å². The molecule has 0 saturated heterocycles. The Kier molecular flexibility index (Phi) is 5.94. The van der Waals surface area contributed by atoms with Crippen LogP contribution in [-0.4, -0.2) is 38.1 Å². The number of carbonyl (C=O) groups is 1. The van der Waals surface area contributed by atoms with E-state index in [1.54, 1.807) is 7.11 Å². The van der Waals surface area contributed by atoms with Crippen molar-refractivity contribution < 1.29 is 9.53 Å². The highest BCUT2D eigenvalue weighted by molar-refractivity contribution is 5.96. The zero-order chi connectivity index (χ0) is 18.5. The molecular formula is C22H28N2O2. The topological polar surface area (TPSA) is 32.8 Å². The van der Waals surface area contributed by atoms with Crippen molar-refractivity contribution in [1.82, 2.24) is 4.90 Å². The van der Waals surface area contributed by atoms with Crippen molar-refractivity contribution in [3.8, 4) is 5.75 Å². The largest absolute Gasteiger partial charge is 0.497 e. The van der Waals surface area contributed by atoms with Crippen LogP contribution >= 0.6 is 0 Å². The third-order valence-electron chi connectivity index (χ3n) is 5.00. The zero-order valence-electron chi connectivity index (χ0n) is 16.0. The summed E-state index contributed by atoms with van der Waals surface area (Å²) in [4.78, 5) is 16.9. The summed E-state index contributed by atoms with van der Waals surface area (Å²) >= 11 is 0. The van der Waals surface area contributed by atoms with E-state index >= 15 is 0 Å². The third-order valence-corrected chi connectivity index (χ3v) is 5.00. The monoisotopic (exact) mass is 352 g/mol. The number of methoxy groups -OCH3 is 1. The molecule has 0 radical (unpaired) electrons. The summed E-state index contributed by atoms with van der Waals surface area (Å²) in [5, 5.41) is 0.